The molecule has 0 bridgehead atoms. The molecule has 3 rings (SSSR count). The number of anilines is 1. The second-order valence-electron chi connectivity index (χ2n) is 7.33. The van der Waals surface area contributed by atoms with Crippen molar-refractivity contribution in [2.24, 2.45) is 0 Å². The molecule has 9 nitrogen and oxygen atoms in total. The summed E-state index contributed by atoms with van der Waals surface area (Å²) in [5.41, 5.74) is 6.67. The van der Waals surface area contributed by atoms with Crippen molar-refractivity contribution < 1.29 is 19.4 Å². The molecule has 0 saturated carbocycles. The lowest BCUT2D eigenvalue weighted by atomic mass is 10.1. The van der Waals surface area contributed by atoms with E-state index in [1.165, 1.54) is 25.6 Å². The van der Waals surface area contributed by atoms with Crippen LogP contribution in [0, 0.1) is 0 Å². The summed E-state index contributed by atoms with van der Waals surface area (Å²) in [6, 6.07) is 0. The quantitative estimate of drug-likeness (QED) is 0.338. The molecule has 0 radical (unpaired) electrons. The summed E-state index contributed by atoms with van der Waals surface area (Å²) in [4.78, 5) is 24.2. The molecule has 3 unspecified atom stereocenters. The summed E-state index contributed by atoms with van der Waals surface area (Å²) in [7, 11) is 0. The number of unbranched alkanes of at least 4 members (excludes halogenated alkanes) is 5. The molecule has 160 valence electrons. The van der Waals surface area contributed by atoms with Gasteiger partial charge in [0.2, 0.25) is 5.28 Å². The third-order valence-electron chi connectivity index (χ3n) is 5.08. The van der Waals surface area contributed by atoms with Gasteiger partial charge < -0.3 is 20.3 Å². The lowest BCUT2D eigenvalue weighted by Crippen LogP contribution is -2.27. The number of ether oxygens (including phenoxy) is 2. The van der Waals surface area contributed by atoms with Gasteiger partial charge in [-0.1, -0.05) is 39.0 Å². The average molecular weight is 426 g/mol. The van der Waals surface area contributed by atoms with Crippen LogP contribution in [0.3, 0.4) is 0 Å². The Balaban J connectivity index is 1.48. The Labute approximate surface area is 174 Å². The molecular weight excluding hydrogens is 398 g/mol. The Kier molecular flexibility index (Phi) is 7.63. The van der Waals surface area contributed by atoms with Gasteiger partial charge in [-0.3, -0.25) is 9.36 Å². The fourth-order valence-electron chi connectivity index (χ4n) is 3.45. The predicted molar refractivity (Wildman–Crippen MR) is 108 cm³/mol. The Morgan fingerprint density at radius 1 is 1.34 bits per heavy atom. The number of imidazole rings is 1. The van der Waals surface area contributed by atoms with Crippen LogP contribution in [0.5, 0.6) is 0 Å². The third kappa shape index (κ3) is 5.55. The van der Waals surface area contributed by atoms with E-state index in [9.17, 15) is 9.90 Å². The van der Waals surface area contributed by atoms with E-state index in [1.807, 2.05) is 0 Å². The van der Waals surface area contributed by atoms with E-state index in [-0.39, 0.29) is 23.7 Å². The van der Waals surface area contributed by atoms with E-state index in [1.54, 1.807) is 4.57 Å². The number of esters is 1. The molecule has 1 saturated heterocycles. The molecule has 1 fully saturated rings. The number of nitrogens with zero attached hydrogens (tertiary/aromatic N) is 4. The van der Waals surface area contributed by atoms with Crippen LogP contribution in [-0.4, -0.2) is 49.4 Å². The molecule has 1 aliphatic heterocycles. The molecule has 3 N–H and O–H groups in total. The smallest absolute Gasteiger partial charge is 0.305 e. The molecule has 29 heavy (non-hydrogen) atoms. The van der Waals surface area contributed by atoms with Crippen molar-refractivity contribution in [1.82, 2.24) is 19.5 Å². The second-order valence-corrected chi connectivity index (χ2v) is 7.67. The number of aliphatic hydroxyl groups excluding tert-OH is 1. The Hall–Kier alpha value is -1.97. The predicted octanol–water partition coefficient (Wildman–Crippen LogP) is 3.00. The van der Waals surface area contributed by atoms with Crippen LogP contribution in [0.25, 0.3) is 11.2 Å². The van der Waals surface area contributed by atoms with Crippen LogP contribution in [0.2, 0.25) is 5.28 Å². The highest BCUT2D eigenvalue weighted by molar-refractivity contribution is 6.28. The summed E-state index contributed by atoms with van der Waals surface area (Å²) >= 11 is 5.89. The lowest BCUT2D eigenvalue weighted by Gasteiger charge is -2.16. The van der Waals surface area contributed by atoms with Crippen molar-refractivity contribution in [3.63, 3.8) is 0 Å². The van der Waals surface area contributed by atoms with E-state index in [0.717, 1.165) is 19.3 Å². The fourth-order valence-corrected chi connectivity index (χ4v) is 3.63. The molecule has 0 aromatic carbocycles. The van der Waals surface area contributed by atoms with Crippen molar-refractivity contribution in [1.29, 1.82) is 0 Å². The monoisotopic (exact) mass is 425 g/mol. The molecule has 3 atom stereocenters. The van der Waals surface area contributed by atoms with Gasteiger partial charge >= 0.3 is 5.97 Å². The van der Waals surface area contributed by atoms with E-state index in [2.05, 4.69) is 21.9 Å². The SMILES string of the molecule is CCCCCCCCC(=O)OCC1OC(n2cnc3c(N)nc(Cl)nc32)CC1O. The van der Waals surface area contributed by atoms with Gasteiger partial charge in [0, 0.05) is 12.8 Å². The number of fused-ring (bicyclic) bond motifs is 1. The number of rotatable bonds is 10. The number of hydrogen-bond donors (Lipinski definition) is 2. The summed E-state index contributed by atoms with van der Waals surface area (Å²) in [6.45, 7) is 2.19. The highest BCUT2D eigenvalue weighted by atomic mass is 35.5. The summed E-state index contributed by atoms with van der Waals surface area (Å²) in [5.74, 6) is -0.0856. The van der Waals surface area contributed by atoms with Crippen LogP contribution < -0.4 is 5.73 Å². The number of carbonyl (C=O) groups excluding carboxylic acids is 1. The first-order valence-electron chi connectivity index (χ1n) is 10.1. The van der Waals surface area contributed by atoms with Gasteiger partial charge in [0.15, 0.2) is 11.5 Å². The van der Waals surface area contributed by atoms with Gasteiger partial charge in [-0.25, -0.2) is 4.98 Å². The first kappa shape index (κ1) is 21.7. The second kappa shape index (κ2) is 10.2. The van der Waals surface area contributed by atoms with Crippen LogP contribution in [0.4, 0.5) is 5.82 Å². The summed E-state index contributed by atoms with van der Waals surface area (Å²) in [5, 5.41) is 10.3. The normalized spacial score (nSPS) is 21.7. The van der Waals surface area contributed by atoms with Gasteiger partial charge in [-0.15, -0.1) is 0 Å². The number of carbonyl (C=O) groups is 1. The van der Waals surface area contributed by atoms with Crippen LogP contribution in [0.1, 0.15) is 64.5 Å². The molecule has 2 aromatic rings. The molecule has 0 aliphatic carbocycles. The maximum absolute atomic E-state index is 11.9. The average Bonchev–Trinajstić information content (AvgIpc) is 3.26. The van der Waals surface area contributed by atoms with Gasteiger partial charge in [0.1, 0.15) is 24.5 Å². The highest BCUT2D eigenvalue weighted by Gasteiger charge is 2.36. The van der Waals surface area contributed by atoms with E-state index in [0.29, 0.717) is 24.0 Å². The zero-order valence-corrected chi connectivity index (χ0v) is 17.3. The van der Waals surface area contributed by atoms with Gasteiger partial charge in [-0.05, 0) is 18.0 Å². The molecular formula is C19H28ClN5O4. The largest absolute Gasteiger partial charge is 0.463 e. The van der Waals surface area contributed by atoms with Crippen molar-refractivity contribution in [3.8, 4) is 0 Å². The molecule has 1 aliphatic rings. The molecule has 2 aromatic heterocycles. The molecule has 0 spiro atoms. The highest BCUT2D eigenvalue weighted by Crippen LogP contribution is 2.32. The minimum atomic E-state index is -0.769. The molecule has 3 heterocycles. The summed E-state index contributed by atoms with van der Waals surface area (Å²) in [6.07, 6.45) is 6.97. The zero-order chi connectivity index (χ0) is 20.8. The maximum atomic E-state index is 11.9. The lowest BCUT2D eigenvalue weighted by molar-refractivity contribution is -0.150. The standard InChI is InChI=1S/C19H28ClN5O4/c1-2-3-4-5-6-7-8-15(27)28-10-13-12(26)9-14(29-13)25-11-22-16-17(21)23-19(20)24-18(16)25/h11-14,26H,2-10H2,1H3,(H2,21,23,24). The van der Waals surface area contributed by atoms with Crippen LogP contribution in [0.15, 0.2) is 6.33 Å². The van der Waals surface area contributed by atoms with E-state index < -0.39 is 18.4 Å². The minimum absolute atomic E-state index is 0.00969. The van der Waals surface area contributed by atoms with Crippen molar-refractivity contribution in [2.75, 3.05) is 12.3 Å². The van der Waals surface area contributed by atoms with Crippen LogP contribution in [-0.2, 0) is 14.3 Å². The van der Waals surface area contributed by atoms with E-state index >= 15 is 0 Å². The van der Waals surface area contributed by atoms with Gasteiger partial charge in [-0.2, -0.15) is 9.97 Å². The van der Waals surface area contributed by atoms with Crippen molar-refractivity contribution in [3.05, 3.63) is 11.6 Å². The van der Waals surface area contributed by atoms with Gasteiger partial charge in [0.05, 0.1) is 12.4 Å². The maximum Gasteiger partial charge on any atom is 0.305 e. The van der Waals surface area contributed by atoms with Crippen molar-refractivity contribution in [2.45, 2.75) is 76.7 Å². The first-order chi connectivity index (χ1) is 14.0. The first-order valence-corrected chi connectivity index (χ1v) is 10.5. The number of aliphatic hydroxyl groups is 1. The zero-order valence-electron chi connectivity index (χ0n) is 16.6. The fraction of sp³-hybridized carbons (Fsp3) is 0.684. The number of hydrogen-bond acceptors (Lipinski definition) is 8. The van der Waals surface area contributed by atoms with Gasteiger partial charge in [0.25, 0.3) is 0 Å². The Morgan fingerprint density at radius 2 is 2.10 bits per heavy atom. The number of nitrogen functional groups attached to an aromatic ring is 1. The minimum Gasteiger partial charge on any atom is -0.463 e. The van der Waals surface area contributed by atoms with E-state index in [4.69, 9.17) is 26.8 Å². The molecule has 0 amide bonds. The number of nitrogens with two attached hydrogens (primary N) is 1. The Bertz CT molecular complexity index is 830. The number of halogens is 1. The topological polar surface area (TPSA) is 125 Å². The summed E-state index contributed by atoms with van der Waals surface area (Å²) < 4.78 is 12.8. The van der Waals surface area contributed by atoms with Crippen LogP contribution >= 0.6 is 11.6 Å². The Morgan fingerprint density at radius 3 is 2.90 bits per heavy atom. The number of aromatic nitrogens is 4. The van der Waals surface area contributed by atoms with Crippen molar-refractivity contribution >= 4 is 34.6 Å². The third-order valence-corrected chi connectivity index (χ3v) is 5.25. The molecule has 10 heteroatoms.